The molecule has 0 amide bonds. The molecule has 0 aromatic heterocycles. The number of nitrogens with one attached hydrogen (secondary N) is 1. The highest BCUT2D eigenvalue weighted by atomic mass is 127. The average Bonchev–Trinajstić information content (AvgIpc) is 2.57. The highest BCUT2D eigenvalue weighted by molar-refractivity contribution is 14.0. The first kappa shape index (κ1) is 22.3. The van der Waals surface area contributed by atoms with Gasteiger partial charge in [-0.3, -0.25) is 4.99 Å². The van der Waals surface area contributed by atoms with E-state index in [4.69, 9.17) is 21.1 Å². The van der Waals surface area contributed by atoms with E-state index in [0.29, 0.717) is 17.7 Å². The summed E-state index contributed by atoms with van der Waals surface area (Å²) in [6.45, 7) is 7.49. The number of hydrogen-bond donors (Lipinski definition) is 1. The molecule has 1 aliphatic rings. The number of aliphatic imine (C=N–C) groups is 1. The SMILES string of the molecule is CCOC1CCN(C(=NC)NCC(C)Oc2cccc(Cl)c2)CC1.I. The topological polar surface area (TPSA) is 46.1 Å². The standard InChI is InChI=1S/C18H28ClN3O2.HI/c1-4-23-16-8-10-22(11-9-16)18(20-3)21-13-14(2)24-17-7-5-6-15(19)12-17;/h5-7,12,14,16H,4,8-11,13H2,1-3H3,(H,20,21);1H. The Morgan fingerprint density at radius 3 is 2.72 bits per heavy atom. The van der Waals surface area contributed by atoms with E-state index >= 15 is 0 Å². The van der Waals surface area contributed by atoms with E-state index in [0.717, 1.165) is 44.2 Å². The lowest BCUT2D eigenvalue weighted by atomic mass is 10.1. The van der Waals surface area contributed by atoms with Crippen LogP contribution in [0.5, 0.6) is 5.75 Å². The Labute approximate surface area is 173 Å². The van der Waals surface area contributed by atoms with Crippen LogP contribution in [0.4, 0.5) is 0 Å². The van der Waals surface area contributed by atoms with Crippen molar-refractivity contribution in [1.82, 2.24) is 10.2 Å². The maximum Gasteiger partial charge on any atom is 0.193 e. The maximum atomic E-state index is 5.98. The van der Waals surface area contributed by atoms with Crippen LogP contribution >= 0.6 is 35.6 Å². The van der Waals surface area contributed by atoms with Gasteiger partial charge in [0.05, 0.1) is 12.6 Å². The van der Waals surface area contributed by atoms with Gasteiger partial charge in [-0.15, -0.1) is 24.0 Å². The summed E-state index contributed by atoms with van der Waals surface area (Å²) in [4.78, 5) is 6.67. The lowest BCUT2D eigenvalue weighted by molar-refractivity contribution is 0.0263. The Hall–Kier alpha value is -0.730. The number of likely N-dealkylation sites (tertiary alicyclic amines) is 1. The Bertz CT molecular complexity index is 537. The molecular formula is C18H29ClIN3O2. The number of rotatable bonds is 6. The lowest BCUT2D eigenvalue weighted by Crippen LogP contribution is -2.48. The van der Waals surface area contributed by atoms with E-state index in [9.17, 15) is 0 Å². The molecule has 2 rings (SSSR count). The van der Waals surface area contributed by atoms with Crippen LogP contribution in [0.2, 0.25) is 5.02 Å². The van der Waals surface area contributed by atoms with Crippen molar-refractivity contribution in [3.8, 4) is 5.75 Å². The fourth-order valence-corrected chi connectivity index (χ4v) is 3.03. The maximum absolute atomic E-state index is 5.98. The minimum Gasteiger partial charge on any atom is -0.489 e. The van der Waals surface area contributed by atoms with Gasteiger partial charge in [0.1, 0.15) is 11.9 Å². The third-order valence-electron chi connectivity index (χ3n) is 4.04. The summed E-state index contributed by atoms with van der Waals surface area (Å²) in [5.41, 5.74) is 0. The van der Waals surface area contributed by atoms with Gasteiger partial charge in [-0.25, -0.2) is 0 Å². The predicted molar refractivity (Wildman–Crippen MR) is 115 cm³/mol. The molecule has 0 bridgehead atoms. The summed E-state index contributed by atoms with van der Waals surface area (Å²) in [6, 6.07) is 7.46. The number of hydrogen-bond acceptors (Lipinski definition) is 3. The monoisotopic (exact) mass is 481 g/mol. The Kier molecular flexibility index (Phi) is 10.5. The van der Waals surface area contributed by atoms with Crippen molar-refractivity contribution in [1.29, 1.82) is 0 Å². The molecule has 0 spiro atoms. The molecule has 0 radical (unpaired) electrons. The smallest absolute Gasteiger partial charge is 0.193 e. The Morgan fingerprint density at radius 1 is 1.40 bits per heavy atom. The molecule has 0 saturated carbocycles. The molecule has 1 heterocycles. The summed E-state index contributed by atoms with van der Waals surface area (Å²) in [6.07, 6.45) is 2.49. The fourth-order valence-electron chi connectivity index (χ4n) is 2.85. The zero-order valence-electron chi connectivity index (χ0n) is 15.2. The first-order valence-corrected chi connectivity index (χ1v) is 8.99. The van der Waals surface area contributed by atoms with Gasteiger partial charge in [-0.05, 0) is 44.9 Å². The van der Waals surface area contributed by atoms with Crippen LogP contribution in [-0.2, 0) is 4.74 Å². The number of piperidine rings is 1. The van der Waals surface area contributed by atoms with E-state index < -0.39 is 0 Å². The van der Waals surface area contributed by atoms with Crippen LogP contribution in [0.1, 0.15) is 26.7 Å². The van der Waals surface area contributed by atoms with Crippen molar-refractivity contribution < 1.29 is 9.47 Å². The molecule has 1 aliphatic heterocycles. The highest BCUT2D eigenvalue weighted by Gasteiger charge is 2.21. The van der Waals surface area contributed by atoms with Crippen LogP contribution in [0.3, 0.4) is 0 Å². The van der Waals surface area contributed by atoms with Gasteiger partial charge in [0.2, 0.25) is 0 Å². The molecule has 7 heteroatoms. The number of ether oxygens (including phenoxy) is 2. The molecule has 1 saturated heterocycles. The van der Waals surface area contributed by atoms with Gasteiger partial charge in [0, 0.05) is 31.8 Å². The second-order valence-electron chi connectivity index (χ2n) is 5.96. The van der Waals surface area contributed by atoms with Crippen molar-refractivity contribution >= 4 is 41.5 Å². The summed E-state index contributed by atoms with van der Waals surface area (Å²) in [7, 11) is 1.82. The van der Waals surface area contributed by atoms with Gasteiger partial charge in [-0.2, -0.15) is 0 Å². The van der Waals surface area contributed by atoms with Gasteiger partial charge < -0.3 is 19.7 Å². The lowest BCUT2D eigenvalue weighted by Gasteiger charge is -2.34. The molecule has 1 atom stereocenters. The van der Waals surface area contributed by atoms with Crippen molar-refractivity contribution in [2.24, 2.45) is 4.99 Å². The van der Waals surface area contributed by atoms with E-state index in [1.807, 2.05) is 45.2 Å². The molecule has 25 heavy (non-hydrogen) atoms. The second kappa shape index (κ2) is 11.8. The van der Waals surface area contributed by atoms with Crippen LogP contribution in [0.25, 0.3) is 0 Å². The first-order chi connectivity index (χ1) is 11.6. The van der Waals surface area contributed by atoms with E-state index in [1.165, 1.54) is 0 Å². The van der Waals surface area contributed by atoms with E-state index in [-0.39, 0.29) is 30.1 Å². The minimum absolute atomic E-state index is 0. The van der Waals surface area contributed by atoms with Crippen LogP contribution in [0.15, 0.2) is 29.3 Å². The molecule has 1 fully saturated rings. The minimum atomic E-state index is 0. The van der Waals surface area contributed by atoms with Gasteiger partial charge in [0.15, 0.2) is 5.96 Å². The molecule has 1 aromatic carbocycles. The normalized spacial score (nSPS) is 17.0. The van der Waals surface area contributed by atoms with Crippen molar-refractivity contribution in [2.75, 3.05) is 33.3 Å². The largest absolute Gasteiger partial charge is 0.489 e. The molecule has 1 N–H and O–H groups in total. The van der Waals surface area contributed by atoms with Gasteiger partial charge in [-0.1, -0.05) is 17.7 Å². The average molecular weight is 482 g/mol. The van der Waals surface area contributed by atoms with Crippen LogP contribution < -0.4 is 10.1 Å². The zero-order valence-corrected chi connectivity index (χ0v) is 18.3. The molecule has 5 nitrogen and oxygen atoms in total. The quantitative estimate of drug-likeness (QED) is 0.381. The summed E-state index contributed by atoms with van der Waals surface area (Å²) >= 11 is 5.98. The van der Waals surface area contributed by atoms with Crippen LogP contribution in [-0.4, -0.2) is 56.4 Å². The molecular weight excluding hydrogens is 453 g/mol. The molecule has 1 aromatic rings. The molecule has 1 unspecified atom stereocenters. The third-order valence-corrected chi connectivity index (χ3v) is 4.27. The summed E-state index contributed by atoms with van der Waals surface area (Å²) in [5.74, 6) is 1.70. The van der Waals surface area contributed by atoms with Crippen molar-refractivity contribution in [3.63, 3.8) is 0 Å². The van der Waals surface area contributed by atoms with Gasteiger partial charge >= 0.3 is 0 Å². The first-order valence-electron chi connectivity index (χ1n) is 8.61. The fraction of sp³-hybridized carbons (Fsp3) is 0.611. The number of benzene rings is 1. The van der Waals surface area contributed by atoms with E-state index in [2.05, 4.69) is 15.2 Å². The van der Waals surface area contributed by atoms with Crippen molar-refractivity contribution in [2.45, 2.75) is 38.9 Å². The summed E-state index contributed by atoms with van der Waals surface area (Å²) < 4.78 is 11.6. The molecule has 142 valence electrons. The Morgan fingerprint density at radius 2 is 2.12 bits per heavy atom. The van der Waals surface area contributed by atoms with Crippen molar-refractivity contribution in [3.05, 3.63) is 29.3 Å². The number of nitrogens with zero attached hydrogens (tertiary/aromatic N) is 2. The van der Waals surface area contributed by atoms with E-state index in [1.54, 1.807) is 0 Å². The number of halogens is 2. The van der Waals surface area contributed by atoms with Crippen LogP contribution in [0, 0.1) is 0 Å². The summed E-state index contributed by atoms with van der Waals surface area (Å²) in [5, 5.41) is 4.08. The van der Waals surface area contributed by atoms with Gasteiger partial charge in [0.25, 0.3) is 0 Å². The third kappa shape index (κ3) is 7.58. The predicted octanol–water partition coefficient (Wildman–Crippen LogP) is 3.80. The zero-order chi connectivity index (χ0) is 17.4. The number of guanidine groups is 1. The second-order valence-corrected chi connectivity index (χ2v) is 6.39. The Balaban J connectivity index is 0.00000312. The highest BCUT2D eigenvalue weighted by Crippen LogP contribution is 2.18. The molecule has 0 aliphatic carbocycles.